The van der Waals surface area contributed by atoms with Crippen molar-refractivity contribution in [2.45, 2.75) is 4.90 Å². The Kier molecular flexibility index (Phi) is 5.51. The van der Waals surface area contributed by atoms with Gasteiger partial charge in [-0.15, -0.1) is 0 Å². The molecule has 0 amide bonds. The molecule has 2 aromatic rings. The smallest absolute Gasteiger partial charge is 0.324 e. The van der Waals surface area contributed by atoms with Crippen molar-refractivity contribution in [3.05, 3.63) is 62.6 Å². The summed E-state index contributed by atoms with van der Waals surface area (Å²) < 4.78 is 26.3. The molecule has 2 aromatic carbocycles. The molecule has 0 bridgehead atoms. The number of anilines is 1. The Morgan fingerprint density at radius 2 is 1.80 bits per heavy atom. The number of rotatable bonds is 6. The number of nitro groups is 1. The molecule has 11 heteroatoms. The molecular weight excluding hydrogens is 395 g/mol. The number of halogens is 2. The van der Waals surface area contributed by atoms with Crippen LogP contribution >= 0.6 is 23.2 Å². The number of nitrogens with zero attached hydrogens (tertiary/aromatic N) is 2. The maximum atomic E-state index is 12.9. The van der Waals surface area contributed by atoms with E-state index < -0.39 is 38.0 Å². The maximum absolute atomic E-state index is 12.9. The van der Waals surface area contributed by atoms with Crippen molar-refractivity contribution in [1.29, 1.82) is 0 Å². The number of aliphatic carboxylic acids is 1. The van der Waals surface area contributed by atoms with Gasteiger partial charge in [0.2, 0.25) is 0 Å². The standard InChI is InChI=1S/C14H10Cl2N2O6S/c15-10-6-5-9(7-11(10)16)17(8-14(19)20)25(23,24)13-4-2-1-3-12(13)18(21)22/h1-7H,8H2,(H,19,20). The van der Waals surface area contributed by atoms with Gasteiger partial charge in [-0.1, -0.05) is 35.3 Å². The van der Waals surface area contributed by atoms with Crippen LogP contribution in [0.3, 0.4) is 0 Å². The molecule has 0 saturated carbocycles. The van der Waals surface area contributed by atoms with Gasteiger partial charge in [-0.2, -0.15) is 0 Å². The minimum atomic E-state index is -4.55. The Morgan fingerprint density at radius 1 is 1.16 bits per heavy atom. The van der Waals surface area contributed by atoms with Gasteiger partial charge in [-0.25, -0.2) is 8.42 Å². The number of carbonyl (C=O) groups is 1. The third-order valence-corrected chi connectivity index (χ3v) is 5.66. The lowest BCUT2D eigenvalue weighted by molar-refractivity contribution is -0.387. The quantitative estimate of drug-likeness (QED) is 0.583. The monoisotopic (exact) mass is 404 g/mol. The van der Waals surface area contributed by atoms with Crippen LogP contribution in [0, 0.1) is 10.1 Å². The van der Waals surface area contributed by atoms with E-state index in [1.165, 1.54) is 30.3 Å². The molecule has 0 unspecified atom stereocenters. The maximum Gasteiger partial charge on any atom is 0.324 e. The van der Waals surface area contributed by atoms with Crippen LogP contribution < -0.4 is 4.31 Å². The number of nitro benzene ring substituents is 1. The lowest BCUT2D eigenvalue weighted by atomic mass is 10.3. The van der Waals surface area contributed by atoms with Gasteiger partial charge in [-0.3, -0.25) is 19.2 Å². The Labute approximate surface area is 152 Å². The van der Waals surface area contributed by atoms with E-state index in [0.29, 0.717) is 4.31 Å². The van der Waals surface area contributed by atoms with Crippen molar-refractivity contribution in [3.8, 4) is 0 Å². The van der Waals surface area contributed by atoms with Crippen molar-refractivity contribution < 1.29 is 23.2 Å². The Bertz CT molecular complexity index is 948. The van der Waals surface area contributed by atoms with Gasteiger partial charge in [0, 0.05) is 6.07 Å². The number of hydrogen-bond acceptors (Lipinski definition) is 5. The topological polar surface area (TPSA) is 118 Å². The van der Waals surface area contributed by atoms with Gasteiger partial charge >= 0.3 is 5.97 Å². The number of para-hydroxylation sites is 1. The zero-order valence-corrected chi connectivity index (χ0v) is 14.6. The van der Waals surface area contributed by atoms with E-state index in [0.717, 1.165) is 12.1 Å². The van der Waals surface area contributed by atoms with Crippen molar-refractivity contribution in [2.75, 3.05) is 10.8 Å². The molecule has 132 valence electrons. The molecule has 25 heavy (non-hydrogen) atoms. The van der Waals surface area contributed by atoms with Gasteiger partial charge in [0.1, 0.15) is 6.54 Å². The Balaban J connectivity index is 2.67. The summed E-state index contributed by atoms with van der Waals surface area (Å²) in [6.45, 7) is -0.952. The minimum Gasteiger partial charge on any atom is -0.480 e. The zero-order valence-electron chi connectivity index (χ0n) is 12.3. The third-order valence-electron chi connectivity index (χ3n) is 3.10. The minimum absolute atomic E-state index is 0.00677. The van der Waals surface area contributed by atoms with Crippen LogP contribution in [0.25, 0.3) is 0 Å². The SMILES string of the molecule is O=C(O)CN(c1ccc(Cl)c(Cl)c1)S(=O)(=O)c1ccccc1[N+](=O)[O-]. The molecule has 0 aliphatic rings. The highest BCUT2D eigenvalue weighted by atomic mass is 35.5. The van der Waals surface area contributed by atoms with E-state index in [1.807, 2.05) is 0 Å². The summed E-state index contributed by atoms with van der Waals surface area (Å²) in [7, 11) is -4.55. The summed E-state index contributed by atoms with van der Waals surface area (Å²) in [6.07, 6.45) is 0. The Hall–Kier alpha value is -2.36. The molecule has 0 atom stereocenters. The summed E-state index contributed by atoms with van der Waals surface area (Å²) in [6, 6.07) is 8.36. The van der Waals surface area contributed by atoms with E-state index in [4.69, 9.17) is 28.3 Å². The summed E-state index contributed by atoms with van der Waals surface area (Å²) in [4.78, 5) is 20.8. The normalized spacial score (nSPS) is 11.1. The van der Waals surface area contributed by atoms with Crippen LogP contribution in [0.15, 0.2) is 47.4 Å². The summed E-state index contributed by atoms with van der Waals surface area (Å²) >= 11 is 11.6. The number of carboxylic acids is 1. The van der Waals surface area contributed by atoms with Crippen molar-refractivity contribution in [2.24, 2.45) is 0 Å². The molecule has 0 aromatic heterocycles. The van der Waals surface area contributed by atoms with Crippen LogP contribution in [0.2, 0.25) is 10.0 Å². The second-order valence-corrected chi connectivity index (χ2v) is 7.37. The average molecular weight is 405 g/mol. The average Bonchev–Trinajstić information content (AvgIpc) is 2.55. The Morgan fingerprint density at radius 3 is 2.36 bits per heavy atom. The predicted molar refractivity (Wildman–Crippen MR) is 91.7 cm³/mol. The highest BCUT2D eigenvalue weighted by Crippen LogP contribution is 2.33. The lowest BCUT2D eigenvalue weighted by Crippen LogP contribution is -2.36. The molecule has 2 rings (SSSR count). The fourth-order valence-electron chi connectivity index (χ4n) is 2.02. The van der Waals surface area contributed by atoms with Crippen LogP contribution in [0.5, 0.6) is 0 Å². The molecule has 0 aliphatic heterocycles. The fourth-order valence-corrected chi connectivity index (χ4v) is 3.88. The third kappa shape index (κ3) is 4.01. The van der Waals surface area contributed by atoms with E-state index in [-0.39, 0.29) is 15.7 Å². The first kappa shape index (κ1) is 19.0. The van der Waals surface area contributed by atoms with Gasteiger partial charge < -0.3 is 5.11 Å². The summed E-state index contributed by atoms with van der Waals surface area (Å²) in [5.74, 6) is -1.45. The molecule has 8 nitrogen and oxygen atoms in total. The van der Waals surface area contributed by atoms with Crippen LogP contribution in [-0.4, -0.2) is 31.0 Å². The molecule has 0 heterocycles. The second-order valence-electron chi connectivity index (χ2n) is 4.73. The van der Waals surface area contributed by atoms with Crippen molar-refractivity contribution >= 4 is 50.6 Å². The van der Waals surface area contributed by atoms with E-state index in [9.17, 15) is 23.3 Å². The molecule has 0 spiro atoms. The number of sulfonamides is 1. The molecular formula is C14H10Cl2N2O6S. The molecule has 0 fully saturated rings. The largest absolute Gasteiger partial charge is 0.480 e. The molecule has 0 saturated heterocycles. The highest BCUT2D eigenvalue weighted by molar-refractivity contribution is 7.93. The first-order valence-electron chi connectivity index (χ1n) is 6.57. The van der Waals surface area contributed by atoms with Gasteiger partial charge in [-0.05, 0) is 24.3 Å². The summed E-state index contributed by atoms with van der Waals surface area (Å²) in [5, 5.41) is 20.3. The van der Waals surface area contributed by atoms with Gasteiger partial charge in [0.15, 0.2) is 4.90 Å². The van der Waals surface area contributed by atoms with Crippen LogP contribution in [0.1, 0.15) is 0 Å². The molecule has 1 N–H and O–H groups in total. The lowest BCUT2D eigenvalue weighted by Gasteiger charge is -2.23. The predicted octanol–water partition coefficient (Wildman–Crippen LogP) is 3.18. The van der Waals surface area contributed by atoms with E-state index in [1.54, 1.807) is 0 Å². The summed E-state index contributed by atoms with van der Waals surface area (Å²) in [5.41, 5.74) is -0.757. The number of benzene rings is 2. The van der Waals surface area contributed by atoms with E-state index in [2.05, 4.69) is 0 Å². The first-order chi connectivity index (χ1) is 11.6. The van der Waals surface area contributed by atoms with Crippen molar-refractivity contribution in [3.63, 3.8) is 0 Å². The number of carboxylic acid groups (broad SMARTS) is 1. The van der Waals surface area contributed by atoms with Crippen LogP contribution in [0.4, 0.5) is 11.4 Å². The highest BCUT2D eigenvalue weighted by Gasteiger charge is 2.33. The van der Waals surface area contributed by atoms with Crippen LogP contribution in [-0.2, 0) is 14.8 Å². The van der Waals surface area contributed by atoms with Crippen molar-refractivity contribution in [1.82, 2.24) is 0 Å². The molecule has 0 radical (unpaired) electrons. The molecule has 0 aliphatic carbocycles. The zero-order chi connectivity index (χ0) is 18.8. The second kappa shape index (κ2) is 7.26. The van der Waals surface area contributed by atoms with Gasteiger partial charge in [0.05, 0.1) is 20.7 Å². The van der Waals surface area contributed by atoms with E-state index >= 15 is 0 Å². The first-order valence-corrected chi connectivity index (χ1v) is 8.77. The number of hydrogen-bond donors (Lipinski definition) is 1. The van der Waals surface area contributed by atoms with Gasteiger partial charge in [0.25, 0.3) is 15.7 Å². The fraction of sp³-hybridized carbons (Fsp3) is 0.0714.